The van der Waals surface area contributed by atoms with E-state index in [0.29, 0.717) is 6.42 Å². The van der Waals surface area contributed by atoms with Gasteiger partial charge in [-0.2, -0.15) is 0 Å². The van der Waals surface area contributed by atoms with Gasteiger partial charge < -0.3 is 18.9 Å². The molecule has 0 heterocycles. The summed E-state index contributed by atoms with van der Waals surface area (Å²) in [5.41, 5.74) is 4.22. The molecular formula is C18H20K3O6PS. The Balaban J connectivity index is 0. The van der Waals surface area contributed by atoms with Crippen LogP contribution < -0.4 is 164 Å². The Kier molecular flexibility index (Phi) is 19.3. The summed E-state index contributed by atoms with van der Waals surface area (Å²) in [6, 6.07) is 15.8. The van der Waals surface area contributed by atoms with Crippen LogP contribution in [0.2, 0.25) is 0 Å². The molecule has 0 saturated carbocycles. The zero-order valence-electron chi connectivity index (χ0n) is 17.3. The number of aryl methyl sites for hydroxylation is 2. The zero-order chi connectivity index (χ0) is 19.4. The third-order valence-corrected chi connectivity index (χ3v) is 7.67. The second-order valence-electron chi connectivity index (χ2n) is 6.13. The van der Waals surface area contributed by atoms with E-state index < -0.39 is 29.1 Å². The molecule has 0 aliphatic heterocycles. The summed E-state index contributed by atoms with van der Waals surface area (Å²) >= 11 is 0. The number of hydrogen-bond acceptors (Lipinski definition) is 6. The maximum absolute atomic E-state index is 11.0. The maximum atomic E-state index is 11.0. The molecule has 2 aromatic rings. The molecule has 0 saturated heterocycles. The van der Waals surface area contributed by atoms with Crippen LogP contribution in [0.15, 0.2) is 48.5 Å². The van der Waals surface area contributed by atoms with Crippen LogP contribution in [-0.4, -0.2) is 18.0 Å². The first-order valence-corrected chi connectivity index (χ1v) is 11.3. The molecule has 6 nitrogen and oxygen atoms in total. The van der Waals surface area contributed by atoms with Crippen molar-refractivity contribution in [2.24, 2.45) is 0 Å². The fourth-order valence-corrected chi connectivity index (χ4v) is 4.96. The molecule has 0 spiro atoms. The molecule has 2 rings (SSSR count). The summed E-state index contributed by atoms with van der Waals surface area (Å²) < 4.78 is 43.8. The molecule has 0 bridgehead atoms. The minimum absolute atomic E-state index is 0. The average molecular weight is 513 g/mol. The molecule has 0 radical (unpaired) electrons. The molecule has 142 valence electrons. The smallest absolute Gasteiger partial charge is 0.810 e. The second kappa shape index (κ2) is 16.1. The van der Waals surface area contributed by atoms with Gasteiger partial charge in [-0.25, -0.2) is 8.42 Å². The van der Waals surface area contributed by atoms with Gasteiger partial charge in [0.2, 0.25) is 0 Å². The third-order valence-electron chi connectivity index (χ3n) is 4.25. The number of hydrogen-bond donors (Lipinski definition) is 0. The van der Waals surface area contributed by atoms with Crippen LogP contribution in [0.5, 0.6) is 0 Å². The normalized spacial score (nSPS) is 12.1. The first-order valence-electron chi connectivity index (χ1n) is 8.26. The van der Waals surface area contributed by atoms with Crippen LogP contribution in [0.4, 0.5) is 0 Å². The van der Waals surface area contributed by atoms with Crippen LogP contribution in [-0.2, 0) is 27.5 Å². The molecule has 0 aliphatic carbocycles. The molecule has 1 atom stereocenters. The number of benzene rings is 2. The van der Waals surface area contributed by atoms with Gasteiger partial charge in [0.15, 0.2) is 0 Å². The fraction of sp³-hybridized carbons (Fsp3) is 0.333. The van der Waals surface area contributed by atoms with Crippen LogP contribution in [0.1, 0.15) is 30.9 Å². The number of rotatable bonds is 8. The van der Waals surface area contributed by atoms with Gasteiger partial charge in [-0.05, 0) is 47.9 Å². The summed E-state index contributed by atoms with van der Waals surface area (Å²) in [5.74, 6) is 0. The van der Waals surface area contributed by atoms with Crippen molar-refractivity contribution in [2.75, 3.05) is 0 Å². The van der Waals surface area contributed by atoms with Gasteiger partial charge >= 0.3 is 154 Å². The quantitative estimate of drug-likeness (QED) is 0.197. The van der Waals surface area contributed by atoms with Crippen LogP contribution >= 0.6 is 7.60 Å². The third kappa shape index (κ3) is 12.1. The van der Waals surface area contributed by atoms with E-state index in [-0.39, 0.29) is 161 Å². The van der Waals surface area contributed by atoms with Crippen LogP contribution in [0, 0.1) is 0 Å². The van der Waals surface area contributed by atoms with Crippen molar-refractivity contribution in [1.82, 2.24) is 0 Å². The van der Waals surface area contributed by atoms with Crippen molar-refractivity contribution in [1.29, 1.82) is 0 Å². The molecule has 29 heavy (non-hydrogen) atoms. The molecule has 1 unspecified atom stereocenters. The van der Waals surface area contributed by atoms with Gasteiger partial charge in [0.05, 0.1) is 4.99 Å². The Bertz CT molecular complexity index is 883. The Morgan fingerprint density at radius 3 is 1.62 bits per heavy atom. The summed E-state index contributed by atoms with van der Waals surface area (Å²) in [7, 11) is -10.6. The molecule has 0 N–H and O–H groups in total. The predicted octanol–water partition coefficient (Wildman–Crippen LogP) is -6.96. The van der Waals surface area contributed by atoms with Crippen molar-refractivity contribution in [3.8, 4) is 11.1 Å². The SMILES string of the molecule is CCc1ccc(-c2ccc(CCCC(P(=O)([O-])[O-])S(=O)(=O)[O-])cc2)cc1.[K+].[K+].[K+]. The van der Waals surface area contributed by atoms with Gasteiger partial charge in [-0.1, -0.05) is 63.1 Å². The van der Waals surface area contributed by atoms with Crippen molar-refractivity contribution < 1.29 is 181 Å². The largest absolute Gasteiger partial charge is 1.00 e. The monoisotopic (exact) mass is 512 g/mol. The Morgan fingerprint density at radius 1 is 0.862 bits per heavy atom. The molecule has 0 amide bonds. The molecular weight excluding hydrogens is 493 g/mol. The maximum Gasteiger partial charge on any atom is 1.00 e. The summed E-state index contributed by atoms with van der Waals surface area (Å²) in [5, 5.41) is 0. The van der Waals surface area contributed by atoms with Crippen LogP contribution in [0.3, 0.4) is 0 Å². The Morgan fingerprint density at radius 2 is 1.28 bits per heavy atom. The van der Waals surface area contributed by atoms with Crippen molar-refractivity contribution >= 4 is 17.7 Å². The van der Waals surface area contributed by atoms with E-state index in [1.54, 1.807) is 0 Å². The minimum atomic E-state index is -5.47. The average Bonchev–Trinajstić information content (AvgIpc) is 2.57. The van der Waals surface area contributed by atoms with Gasteiger partial charge in [-0.15, -0.1) is 0 Å². The molecule has 0 aromatic heterocycles. The minimum Gasteiger partial charge on any atom is -0.810 e. The van der Waals surface area contributed by atoms with E-state index in [1.165, 1.54) is 5.56 Å². The van der Waals surface area contributed by atoms with Gasteiger partial charge in [0.1, 0.15) is 10.1 Å². The molecule has 2 aromatic carbocycles. The van der Waals surface area contributed by atoms with E-state index in [0.717, 1.165) is 23.1 Å². The predicted molar refractivity (Wildman–Crippen MR) is 95.3 cm³/mol. The molecule has 11 heteroatoms. The summed E-state index contributed by atoms with van der Waals surface area (Å²) in [6.07, 6.45) is 0.974. The van der Waals surface area contributed by atoms with Crippen molar-refractivity contribution in [3.05, 3.63) is 59.7 Å². The van der Waals surface area contributed by atoms with E-state index in [4.69, 9.17) is 0 Å². The van der Waals surface area contributed by atoms with Gasteiger partial charge in [-0.3, -0.25) is 0 Å². The van der Waals surface area contributed by atoms with Crippen LogP contribution in [0.25, 0.3) is 11.1 Å². The first kappa shape index (κ1) is 34.6. The van der Waals surface area contributed by atoms with Gasteiger partial charge in [0.25, 0.3) is 0 Å². The summed E-state index contributed by atoms with van der Waals surface area (Å²) in [4.78, 5) is 19.5. The standard InChI is InChI=1S/C18H23O6PS.3K/c1-2-14-6-10-16(11-7-14)17-12-8-15(9-13-17)4-3-5-18(25(19,20)21)26(22,23)24;;;/h6-13,18H,2-5H2,1H3,(H2,19,20,21)(H,22,23,24);;;/q;3*+1/p-3. The fourth-order valence-electron chi connectivity index (χ4n) is 2.74. The molecule has 0 fully saturated rings. The molecule has 0 aliphatic rings. The van der Waals surface area contributed by atoms with E-state index in [9.17, 15) is 27.3 Å². The van der Waals surface area contributed by atoms with Crippen molar-refractivity contribution in [3.63, 3.8) is 0 Å². The topological polar surface area (TPSA) is 120 Å². The Hall–Kier alpha value is 3.41. The van der Waals surface area contributed by atoms with Gasteiger partial charge in [0, 0.05) is 0 Å². The van der Waals surface area contributed by atoms with E-state index in [1.807, 2.05) is 36.4 Å². The summed E-state index contributed by atoms with van der Waals surface area (Å²) in [6.45, 7) is 2.09. The van der Waals surface area contributed by atoms with Crippen molar-refractivity contribution in [2.45, 2.75) is 37.6 Å². The van der Waals surface area contributed by atoms with E-state index >= 15 is 0 Å². The first-order chi connectivity index (χ1) is 12.1. The Labute approximate surface area is 300 Å². The zero-order valence-corrected chi connectivity index (χ0v) is 28.4. The second-order valence-corrected chi connectivity index (χ2v) is 9.73. The van der Waals surface area contributed by atoms with E-state index in [2.05, 4.69) is 19.1 Å².